The summed E-state index contributed by atoms with van der Waals surface area (Å²) in [5.41, 5.74) is 1.22. The fraction of sp³-hybridized carbons (Fsp3) is 0.462. The topological polar surface area (TPSA) is 29.1 Å². The van der Waals surface area contributed by atoms with Crippen LogP contribution in [0.15, 0.2) is 36.5 Å². The molecule has 0 spiro atoms. The minimum Gasteiger partial charge on any atom is -0.355 e. The second kappa shape index (κ2) is 6.23. The van der Waals surface area contributed by atoms with Crippen LogP contribution in [0.25, 0.3) is 0 Å². The van der Waals surface area contributed by atoms with E-state index in [0.29, 0.717) is 12.3 Å². The van der Waals surface area contributed by atoms with E-state index in [2.05, 4.69) is 18.0 Å². The van der Waals surface area contributed by atoms with Crippen molar-refractivity contribution in [1.29, 1.82) is 0 Å². The molecule has 1 fully saturated rings. The van der Waals surface area contributed by atoms with E-state index in [0.717, 1.165) is 19.4 Å². The molecule has 1 saturated heterocycles. The average molecular weight is 205 g/mol. The van der Waals surface area contributed by atoms with E-state index in [1.54, 1.807) is 0 Å². The van der Waals surface area contributed by atoms with E-state index in [4.69, 9.17) is 0 Å². The lowest BCUT2D eigenvalue weighted by Gasteiger charge is -2.14. The first-order valence-corrected chi connectivity index (χ1v) is 5.50. The number of hydrogen-bond acceptors (Lipinski definition) is 1. The molecule has 82 valence electrons. The van der Waals surface area contributed by atoms with E-state index in [9.17, 15) is 4.79 Å². The Labute approximate surface area is 91.8 Å². The fourth-order valence-electron chi connectivity index (χ4n) is 1.80. The summed E-state index contributed by atoms with van der Waals surface area (Å²) in [5.74, 6) is 0.595. The van der Waals surface area contributed by atoms with Crippen molar-refractivity contribution in [2.24, 2.45) is 5.92 Å². The van der Waals surface area contributed by atoms with Gasteiger partial charge in [0.2, 0.25) is 5.91 Å². The average Bonchev–Trinajstić information content (AvgIpc) is 2.45. The lowest BCUT2D eigenvalue weighted by molar-refractivity contribution is -0.120. The molecule has 15 heavy (non-hydrogen) atoms. The van der Waals surface area contributed by atoms with Crippen LogP contribution < -0.4 is 5.32 Å². The van der Waals surface area contributed by atoms with E-state index < -0.39 is 0 Å². The minimum absolute atomic E-state index is 0.173. The van der Waals surface area contributed by atoms with Crippen molar-refractivity contribution >= 4 is 5.91 Å². The molecule has 0 aromatic carbocycles. The third-order valence-electron chi connectivity index (χ3n) is 2.69. The largest absolute Gasteiger partial charge is 0.355 e. The SMILES string of the molecule is C=C/C(=C\C=C/C)C1CCCC(=O)NC1. The first kappa shape index (κ1) is 11.8. The maximum absolute atomic E-state index is 11.2. The zero-order chi connectivity index (χ0) is 11.1. The number of hydrogen-bond donors (Lipinski definition) is 1. The Hall–Kier alpha value is -1.31. The first-order valence-electron chi connectivity index (χ1n) is 5.50. The smallest absolute Gasteiger partial charge is 0.220 e. The van der Waals surface area contributed by atoms with Crippen LogP contribution in [0.2, 0.25) is 0 Å². The van der Waals surface area contributed by atoms with Gasteiger partial charge in [0, 0.05) is 18.9 Å². The monoisotopic (exact) mass is 205 g/mol. The van der Waals surface area contributed by atoms with Crippen molar-refractivity contribution in [1.82, 2.24) is 5.32 Å². The Morgan fingerprint density at radius 2 is 2.40 bits per heavy atom. The molecule has 1 rings (SSSR count). The molecule has 0 aromatic rings. The molecule has 0 bridgehead atoms. The highest BCUT2D eigenvalue weighted by molar-refractivity contribution is 5.76. The van der Waals surface area contributed by atoms with Crippen LogP contribution in [0.3, 0.4) is 0 Å². The summed E-state index contributed by atoms with van der Waals surface area (Å²) in [6.07, 6.45) is 10.7. The molecule has 0 aliphatic carbocycles. The molecule has 0 saturated carbocycles. The van der Waals surface area contributed by atoms with Crippen molar-refractivity contribution in [2.45, 2.75) is 26.2 Å². The molecule has 2 heteroatoms. The summed E-state index contributed by atoms with van der Waals surface area (Å²) < 4.78 is 0. The maximum atomic E-state index is 11.2. The van der Waals surface area contributed by atoms with Crippen LogP contribution in [0.5, 0.6) is 0 Å². The van der Waals surface area contributed by atoms with Gasteiger partial charge in [-0.05, 0) is 25.3 Å². The Bertz CT molecular complexity index is 289. The van der Waals surface area contributed by atoms with Crippen LogP contribution in [0.4, 0.5) is 0 Å². The van der Waals surface area contributed by atoms with E-state index in [1.807, 2.05) is 25.2 Å². The molecular formula is C13H19NO. The predicted octanol–water partition coefficient (Wildman–Crippen LogP) is 2.59. The second-order valence-corrected chi connectivity index (χ2v) is 3.79. The van der Waals surface area contributed by atoms with Crippen LogP contribution in [-0.4, -0.2) is 12.5 Å². The zero-order valence-electron chi connectivity index (χ0n) is 9.33. The molecule has 1 atom stereocenters. The second-order valence-electron chi connectivity index (χ2n) is 3.79. The highest BCUT2D eigenvalue weighted by Crippen LogP contribution is 2.20. The highest BCUT2D eigenvalue weighted by atomic mass is 16.1. The minimum atomic E-state index is 0.173. The van der Waals surface area contributed by atoms with Crippen molar-refractivity contribution in [3.8, 4) is 0 Å². The van der Waals surface area contributed by atoms with Crippen LogP contribution in [0, 0.1) is 5.92 Å². The molecule has 0 radical (unpaired) electrons. The number of rotatable bonds is 3. The zero-order valence-corrected chi connectivity index (χ0v) is 9.33. The van der Waals surface area contributed by atoms with Gasteiger partial charge < -0.3 is 5.32 Å². The summed E-state index contributed by atoms with van der Waals surface area (Å²) in [7, 11) is 0. The van der Waals surface area contributed by atoms with Gasteiger partial charge in [-0.3, -0.25) is 4.79 Å². The molecule has 1 N–H and O–H groups in total. The first-order chi connectivity index (χ1) is 7.27. The standard InChI is InChI=1S/C13H19NO/c1-3-5-7-11(4-2)12-8-6-9-13(15)14-10-12/h3-5,7,12H,2,6,8-10H2,1H3,(H,14,15)/b5-3-,11-7+. The molecule has 1 heterocycles. The van der Waals surface area contributed by atoms with Crippen molar-refractivity contribution in [2.75, 3.05) is 6.54 Å². The summed E-state index contributed by atoms with van der Waals surface area (Å²) in [6, 6.07) is 0. The molecule has 1 amide bonds. The van der Waals surface area contributed by atoms with Gasteiger partial charge in [0.15, 0.2) is 0 Å². The number of allylic oxidation sites excluding steroid dienone is 4. The number of carbonyl (C=O) groups is 1. The normalized spacial score (nSPS) is 23.7. The van der Waals surface area contributed by atoms with E-state index >= 15 is 0 Å². The van der Waals surface area contributed by atoms with Crippen molar-refractivity contribution in [3.05, 3.63) is 36.5 Å². The fourth-order valence-corrected chi connectivity index (χ4v) is 1.80. The van der Waals surface area contributed by atoms with Crippen molar-refractivity contribution < 1.29 is 4.79 Å². The Balaban J connectivity index is 2.67. The third-order valence-corrected chi connectivity index (χ3v) is 2.69. The van der Waals surface area contributed by atoms with Crippen molar-refractivity contribution in [3.63, 3.8) is 0 Å². The quantitative estimate of drug-likeness (QED) is 0.705. The Kier molecular flexibility index (Phi) is 4.88. The summed E-state index contributed by atoms with van der Waals surface area (Å²) in [6.45, 7) is 6.56. The van der Waals surface area contributed by atoms with Gasteiger partial charge >= 0.3 is 0 Å². The summed E-state index contributed by atoms with van der Waals surface area (Å²) >= 11 is 0. The molecule has 1 aliphatic heterocycles. The van der Waals surface area contributed by atoms with Gasteiger partial charge in [-0.2, -0.15) is 0 Å². The van der Waals surface area contributed by atoms with E-state index in [1.165, 1.54) is 5.57 Å². The van der Waals surface area contributed by atoms with Crippen LogP contribution in [-0.2, 0) is 4.79 Å². The van der Waals surface area contributed by atoms with E-state index in [-0.39, 0.29) is 5.91 Å². The Morgan fingerprint density at radius 1 is 1.60 bits per heavy atom. The summed E-state index contributed by atoms with van der Waals surface area (Å²) in [4.78, 5) is 11.2. The van der Waals surface area contributed by atoms with Gasteiger partial charge in [0.1, 0.15) is 0 Å². The van der Waals surface area contributed by atoms with Crippen LogP contribution >= 0.6 is 0 Å². The predicted molar refractivity (Wildman–Crippen MR) is 63.4 cm³/mol. The van der Waals surface area contributed by atoms with Gasteiger partial charge in [-0.1, -0.05) is 30.9 Å². The van der Waals surface area contributed by atoms with Gasteiger partial charge in [0.25, 0.3) is 0 Å². The number of carbonyl (C=O) groups excluding carboxylic acids is 1. The van der Waals surface area contributed by atoms with Gasteiger partial charge in [-0.15, -0.1) is 0 Å². The lowest BCUT2D eigenvalue weighted by Crippen LogP contribution is -2.26. The molecule has 1 unspecified atom stereocenters. The lowest BCUT2D eigenvalue weighted by atomic mass is 9.94. The van der Waals surface area contributed by atoms with Gasteiger partial charge in [0.05, 0.1) is 0 Å². The molecule has 0 aromatic heterocycles. The van der Waals surface area contributed by atoms with Crippen LogP contribution in [0.1, 0.15) is 26.2 Å². The Morgan fingerprint density at radius 3 is 3.07 bits per heavy atom. The molecule has 2 nitrogen and oxygen atoms in total. The summed E-state index contributed by atoms with van der Waals surface area (Å²) in [5, 5.41) is 2.93. The molecule has 1 aliphatic rings. The van der Waals surface area contributed by atoms with Gasteiger partial charge in [-0.25, -0.2) is 0 Å². The number of amides is 1. The number of nitrogens with one attached hydrogen (secondary N) is 1. The maximum Gasteiger partial charge on any atom is 0.220 e. The highest BCUT2D eigenvalue weighted by Gasteiger charge is 2.17. The third kappa shape index (κ3) is 3.74. The molecular weight excluding hydrogens is 186 g/mol.